The van der Waals surface area contributed by atoms with Gasteiger partial charge in [-0.05, 0) is 76.6 Å². The Morgan fingerprint density at radius 3 is 2.33 bits per heavy atom. The van der Waals surface area contributed by atoms with E-state index in [1.54, 1.807) is 0 Å². The van der Waals surface area contributed by atoms with E-state index < -0.39 is 0 Å². The molecule has 6 nitrogen and oxygen atoms in total. The van der Waals surface area contributed by atoms with Crippen molar-refractivity contribution < 1.29 is 4.79 Å². The Morgan fingerprint density at radius 1 is 0.970 bits per heavy atom. The first kappa shape index (κ1) is 19.7. The molecule has 2 aliphatic heterocycles. The van der Waals surface area contributed by atoms with E-state index >= 15 is 0 Å². The van der Waals surface area contributed by atoms with Crippen molar-refractivity contribution in [2.75, 3.05) is 7.05 Å². The van der Waals surface area contributed by atoms with Crippen LogP contribution in [-0.4, -0.2) is 50.7 Å². The third-order valence-corrected chi connectivity index (χ3v) is 8.32. The van der Waals surface area contributed by atoms with Gasteiger partial charge >= 0.3 is 0 Å². The van der Waals surface area contributed by atoms with E-state index in [0.717, 1.165) is 72.2 Å². The van der Waals surface area contributed by atoms with E-state index in [9.17, 15) is 4.79 Å². The smallest absolute Gasteiger partial charge is 0.252 e. The number of hydrogen-bond acceptors (Lipinski definition) is 4. The van der Waals surface area contributed by atoms with E-state index in [1.165, 1.54) is 12.8 Å². The number of para-hydroxylation sites is 1. The SMILES string of the molecule is CN1C2CCC1CC(NC(=O)c1cc(C3CC3)nc3c1c(C1CC1)nn3-c1ccccc1)C2. The van der Waals surface area contributed by atoms with Crippen molar-refractivity contribution in [2.45, 2.75) is 81.3 Å². The zero-order valence-electron chi connectivity index (χ0n) is 19.2. The minimum absolute atomic E-state index is 0.0627. The van der Waals surface area contributed by atoms with Crippen LogP contribution < -0.4 is 5.32 Å². The van der Waals surface area contributed by atoms with Gasteiger partial charge in [-0.25, -0.2) is 9.67 Å². The molecule has 2 saturated heterocycles. The first-order chi connectivity index (χ1) is 16.2. The minimum Gasteiger partial charge on any atom is -0.349 e. The molecule has 0 radical (unpaired) electrons. The lowest BCUT2D eigenvalue weighted by Crippen LogP contribution is -2.48. The van der Waals surface area contributed by atoms with E-state index in [2.05, 4.69) is 35.5 Å². The van der Waals surface area contributed by atoms with Crippen LogP contribution in [0.25, 0.3) is 16.7 Å². The summed E-state index contributed by atoms with van der Waals surface area (Å²) < 4.78 is 1.97. The second kappa shape index (κ2) is 7.39. The van der Waals surface area contributed by atoms with E-state index in [0.29, 0.717) is 23.9 Å². The Labute approximate surface area is 194 Å². The van der Waals surface area contributed by atoms with Crippen LogP contribution >= 0.6 is 0 Å². The lowest BCUT2D eigenvalue weighted by Gasteiger charge is -2.36. The summed E-state index contributed by atoms with van der Waals surface area (Å²) in [5.74, 6) is 0.980. The largest absolute Gasteiger partial charge is 0.349 e. The van der Waals surface area contributed by atoms with Gasteiger partial charge < -0.3 is 10.2 Å². The summed E-state index contributed by atoms with van der Waals surface area (Å²) in [6, 6.07) is 13.8. The minimum atomic E-state index is 0.0627. The zero-order valence-corrected chi connectivity index (χ0v) is 19.2. The Bertz CT molecular complexity index is 1210. The number of amides is 1. The fourth-order valence-electron chi connectivity index (χ4n) is 6.11. The van der Waals surface area contributed by atoms with Crippen LogP contribution in [0, 0.1) is 0 Å². The number of pyridine rings is 1. The second-order valence-corrected chi connectivity index (χ2v) is 10.7. The lowest BCUT2D eigenvalue weighted by atomic mass is 9.97. The molecule has 1 amide bonds. The maximum atomic E-state index is 13.8. The Hall–Kier alpha value is -2.73. The topological polar surface area (TPSA) is 63.1 Å². The maximum Gasteiger partial charge on any atom is 0.252 e. The number of rotatable bonds is 5. The van der Waals surface area contributed by atoms with Crippen molar-refractivity contribution in [3.8, 4) is 5.69 Å². The molecule has 2 aromatic heterocycles. The first-order valence-electron chi connectivity index (χ1n) is 12.7. The van der Waals surface area contributed by atoms with Gasteiger partial charge in [0.2, 0.25) is 0 Å². The fourth-order valence-corrected chi connectivity index (χ4v) is 6.11. The maximum absolute atomic E-state index is 13.8. The molecule has 4 fully saturated rings. The molecule has 2 atom stereocenters. The first-order valence-corrected chi connectivity index (χ1v) is 12.7. The number of carbonyl (C=O) groups excluding carboxylic acids is 1. The molecule has 4 heterocycles. The molecule has 1 aromatic carbocycles. The zero-order chi connectivity index (χ0) is 22.1. The predicted octanol–water partition coefficient (Wildman–Crippen LogP) is 4.53. The van der Waals surface area contributed by atoms with E-state index in [1.807, 2.05) is 22.9 Å². The van der Waals surface area contributed by atoms with Crippen molar-refractivity contribution in [1.82, 2.24) is 25.0 Å². The predicted molar refractivity (Wildman–Crippen MR) is 128 cm³/mol. The average Bonchev–Trinajstić information content (AvgIpc) is 3.75. The van der Waals surface area contributed by atoms with Gasteiger partial charge in [-0.2, -0.15) is 5.10 Å². The van der Waals surface area contributed by atoms with Gasteiger partial charge in [0.15, 0.2) is 5.65 Å². The van der Waals surface area contributed by atoms with Crippen molar-refractivity contribution in [1.29, 1.82) is 0 Å². The lowest BCUT2D eigenvalue weighted by molar-refractivity contribution is 0.0884. The van der Waals surface area contributed by atoms with Crippen LogP contribution in [0.3, 0.4) is 0 Å². The number of aromatic nitrogens is 3. The number of benzene rings is 1. The van der Waals surface area contributed by atoms with Crippen LogP contribution in [0.15, 0.2) is 36.4 Å². The van der Waals surface area contributed by atoms with Gasteiger partial charge in [0.1, 0.15) is 0 Å². The third-order valence-electron chi connectivity index (χ3n) is 8.32. The molecule has 4 aliphatic rings. The second-order valence-electron chi connectivity index (χ2n) is 10.7. The molecule has 6 heteroatoms. The number of piperidine rings is 1. The van der Waals surface area contributed by atoms with Gasteiger partial charge in [-0.15, -0.1) is 0 Å². The van der Waals surface area contributed by atoms with Gasteiger partial charge in [0.05, 0.1) is 22.3 Å². The average molecular weight is 442 g/mol. The van der Waals surface area contributed by atoms with Crippen LogP contribution in [-0.2, 0) is 0 Å². The highest BCUT2D eigenvalue weighted by Crippen LogP contribution is 2.46. The summed E-state index contributed by atoms with van der Waals surface area (Å²) >= 11 is 0. The van der Waals surface area contributed by atoms with E-state index in [4.69, 9.17) is 10.1 Å². The van der Waals surface area contributed by atoms with Gasteiger partial charge in [-0.1, -0.05) is 18.2 Å². The number of nitrogens with zero attached hydrogens (tertiary/aromatic N) is 4. The fraction of sp³-hybridized carbons (Fsp3) is 0.519. The van der Waals surface area contributed by atoms with Crippen molar-refractivity contribution >= 4 is 16.9 Å². The van der Waals surface area contributed by atoms with Gasteiger partial charge in [-0.3, -0.25) is 4.79 Å². The molecular formula is C27H31N5O. The molecule has 3 aromatic rings. The van der Waals surface area contributed by atoms with Crippen LogP contribution in [0.4, 0.5) is 0 Å². The molecule has 1 N–H and O–H groups in total. The number of nitrogens with one attached hydrogen (secondary N) is 1. The number of fused-ring (bicyclic) bond motifs is 3. The molecule has 0 spiro atoms. The molecule has 2 unspecified atom stereocenters. The highest BCUT2D eigenvalue weighted by atomic mass is 16.1. The molecule has 2 aliphatic carbocycles. The summed E-state index contributed by atoms with van der Waals surface area (Å²) in [6.45, 7) is 0. The van der Waals surface area contributed by atoms with Crippen molar-refractivity contribution in [3.05, 3.63) is 53.3 Å². The van der Waals surface area contributed by atoms with Crippen molar-refractivity contribution in [3.63, 3.8) is 0 Å². The summed E-state index contributed by atoms with van der Waals surface area (Å²) in [4.78, 5) is 21.4. The van der Waals surface area contributed by atoms with Crippen LogP contribution in [0.1, 0.15) is 84.9 Å². The standard InChI is InChI=1S/C27H31N5O/c1-31-20-11-12-21(31)14-18(13-20)28-27(33)22-15-23(16-7-8-16)29-26-24(22)25(17-9-10-17)30-32(26)19-5-3-2-4-6-19/h2-6,15-18,20-21H,7-14H2,1H3,(H,28,33). The van der Waals surface area contributed by atoms with E-state index in [-0.39, 0.29) is 11.9 Å². The summed E-state index contributed by atoms with van der Waals surface area (Å²) in [5.41, 5.74) is 4.75. The molecule has 170 valence electrons. The summed E-state index contributed by atoms with van der Waals surface area (Å²) in [7, 11) is 2.24. The molecule has 2 saturated carbocycles. The summed E-state index contributed by atoms with van der Waals surface area (Å²) in [6.07, 6.45) is 9.24. The molecular weight excluding hydrogens is 410 g/mol. The third kappa shape index (κ3) is 3.38. The molecule has 33 heavy (non-hydrogen) atoms. The number of hydrogen-bond donors (Lipinski definition) is 1. The molecule has 7 rings (SSSR count). The highest BCUT2D eigenvalue weighted by Gasteiger charge is 2.40. The normalized spacial score (nSPS) is 27.2. The van der Waals surface area contributed by atoms with Crippen LogP contribution in [0.5, 0.6) is 0 Å². The van der Waals surface area contributed by atoms with Crippen LogP contribution in [0.2, 0.25) is 0 Å². The number of carbonyl (C=O) groups is 1. The highest BCUT2D eigenvalue weighted by molar-refractivity contribution is 6.07. The van der Waals surface area contributed by atoms with Gasteiger partial charge in [0.25, 0.3) is 5.91 Å². The Morgan fingerprint density at radius 2 is 1.67 bits per heavy atom. The van der Waals surface area contributed by atoms with Crippen molar-refractivity contribution in [2.24, 2.45) is 0 Å². The molecule has 2 bridgehead atoms. The Balaban J connectivity index is 1.32. The van der Waals surface area contributed by atoms with Gasteiger partial charge in [0, 0.05) is 35.7 Å². The monoisotopic (exact) mass is 441 g/mol. The Kier molecular flexibility index (Phi) is 4.41. The quantitative estimate of drug-likeness (QED) is 0.632. The summed E-state index contributed by atoms with van der Waals surface area (Å²) in [5, 5.41) is 9.46.